The molecule has 1 rings (SSSR count). The Kier molecular flexibility index (Phi) is 3.40. The second kappa shape index (κ2) is 4.36. The zero-order valence-corrected chi connectivity index (χ0v) is 7.51. The van der Waals surface area contributed by atoms with Crippen LogP contribution in [0.5, 0.6) is 0 Å². The number of hydrogen-bond donors (Lipinski definition) is 0. The highest BCUT2D eigenvalue weighted by atomic mass is 19.4. The molecule has 0 N–H and O–H groups in total. The van der Waals surface area contributed by atoms with E-state index in [0.717, 1.165) is 6.20 Å². The van der Waals surface area contributed by atoms with E-state index in [4.69, 9.17) is 4.74 Å². The molecule has 0 aliphatic heterocycles. The van der Waals surface area contributed by atoms with Crippen LogP contribution in [0, 0.1) is 0 Å². The molecular weight excluding hydrogens is 197 g/mol. The summed E-state index contributed by atoms with van der Waals surface area (Å²) in [5.41, 5.74) is 0.328. The topological polar surface area (TPSA) is 35.0 Å². The molecule has 0 spiro atoms. The molecular formula is C8H9F3N2O. The summed E-state index contributed by atoms with van der Waals surface area (Å²) < 4.78 is 41.1. The SMILES string of the molecule is COCCc1ccnc(C(F)(F)F)n1. The van der Waals surface area contributed by atoms with Gasteiger partial charge in [0.05, 0.1) is 6.61 Å². The van der Waals surface area contributed by atoms with Crippen molar-refractivity contribution in [2.24, 2.45) is 0 Å². The number of halogens is 3. The van der Waals surface area contributed by atoms with E-state index in [-0.39, 0.29) is 0 Å². The van der Waals surface area contributed by atoms with Crippen LogP contribution >= 0.6 is 0 Å². The van der Waals surface area contributed by atoms with Crippen molar-refractivity contribution in [2.75, 3.05) is 13.7 Å². The Hall–Kier alpha value is -1.17. The number of aromatic nitrogens is 2. The third-order valence-corrected chi connectivity index (χ3v) is 1.53. The minimum absolute atomic E-state index is 0.328. The Morgan fingerprint density at radius 3 is 2.71 bits per heavy atom. The van der Waals surface area contributed by atoms with Gasteiger partial charge in [-0.1, -0.05) is 0 Å². The number of hydrogen-bond acceptors (Lipinski definition) is 3. The number of alkyl halides is 3. The van der Waals surface area contributed by atoms with E-state index in [1.165, 1.54) is 13.2 Å². The Labute approximate surface area is 78.9 Å². The lowest BCUT2D eigenvalue weighted by molar-refractivity contribution is -0.145. The van der Waals surface area contributed by atoms with Crippen molar-refractivity contribution in [3.63, 3.8) is 0 Å². The molecule has 14 heavy (non-hydrogen) atoms. The fourth-order valence-electron chi connectivity index (χ4n) is 0.879. The molecule has 0 aromatic carbocycles. The van der Waals surface area contributed by atoms with Gasteiger partial charge in [0, 0.05) is 25.4 Å². The van der Waals surface area contributed by atoms with Crippen molar-refractivity contribution in [3.05, 3.63) is 23.8 Å². The largest absolute Gasteiger partial charge is 0.451 e. The molecule has 0 fully saturated rings. The van der Waals surface area contributed by atoms with Gasteiger partial charge in [0.15, 0.2) is 0 Å². The average molecular weight is 206 g/mol. The quantitative estimate of drug-likeness (QED) is 0.754. The molecule has 0 saturated carbocycles. The van der Waals surface area contributed by atoms with Gasteiger partial charge in [0.25, 0.3) is 0 Å². The maximum atomic E-state index is 12.1. The summed E-state index contributed by atoms with van der Waals surface area (Å²) in [6.45, 7) is 0.342. The monoisotopic (exact) mass is 206 g/mol. The predicted octanol–water partition coefficient (Wildman–Crippen LogP) is 1.68. The molecule has 1 aromatic rings. The van der Waals surface area contributed by atoms with Crippen LogP contribution in [0.4, 0.5) is 13.2 Å². The predicted molar refractivity (Wildman–Crippen MR) is 42.6 cm³/mol. The molecule has 0 aliphatic carbocycles. The maximum Gasteiger partial charge on any atom is 0.451 e. The first-order chi connectivity index (χ1) is 6.54. The molecule has 0 saturated heterocycles. The van der Waals surface area contributed by atoms with Crippen molar-refractivity contribution in [1.29, 1.82) is 0 Å². The van der Waals surface area contributed by atoms with Gasteiger partial charge >= 0.3 is 6.18 Å². The van der Waals surface area contributed by atoms with Gasteiger partial charge in [0.2, 0.25) is 5.82 Å². The first-order valence-corrected chi connectivity index (χ1v) is 3.92. The van der Waals surface area contributed by atoms with E-state index < -0.39 is 12.0 Å². The molecule has 0 atom stereocenters. The van der Waals surface area contributed by atoms with Crippen LogP contribution in [-0.4, -0.2) is 23.7 Å². The van der Waals surface area contributed by atoms with E-state index in [1.807, 2.05) is 0 Å². The Balaban J connectivity index is 2.79. The van der Waals surface area contributed by atoms with Crippen LogP contribution in [-0.2, 0) is 17.3 Å². The summed E-state index contributed by atoms with van der Waals surface area (Å²) in [6, 6.07) is 1.44. The van der Waals surface area contributed by atoms with Gasteiger partial charge in [-0.3, -0.25) is 0 Å². The van der Waals surface area contributed by atoms with Crippen LogP contribution in [0.25, 0.3) is 0 Å². The lowest BCUT2D eigenvalue weighted by Crippen LogP contribution is -2.12. The van der Waals surface area contributed by atoms with Crippen molar-refractivity contribution >= 4 is 0 Å². The van der Waals surface area contributed by atoms with E-state index >= 15 is 0 Å². The van der Waals surface area contributed by atoms with E-state index in [1.54, 1.807) is 0 Å². The average Bonchev–Trinajstić information content (AvgIpc) is 2.14. The van der Waals surface area contributed by atoms with E-state index in [2.05, 4.69) is 9.97 Å². The van der Waals surface area contributed by atoms with Gasteiger partial charge in [-0.2, -0.15) is 13.2 Å². The van der Waals surface area contributed by atoms with Gasteiger partial charge in [-0.05, 0) is 6.07 Å². The summed E-state index contributed by atoms with van der Waals surface area (Å²) in [7, 11) is 1.48. The van der Waals surface area contributed by atoms with Crippen molar-refractivity contribution < 1.29 is 17.9 Å². The zero-order chi connectivity index (χ0) is 10.6. The molecule has 78 valence electrons. The second-order valence-corrected chi connectivity index (χ2v) is 2.61. The summed E-state index contributed by atoms with van der Waals surface area (Å²) in [6.07, 6.45) is -3.04. The molecule has 1 heterocycles. The highest BCUT2D eigenvalue weighted by Gasteiger charge is 2.34. The first kappa shape index (κ1) is 10.9. The standard InChI is InChI=1S/C8H9F3N2O/c1-14-5-3-6-2-4-12-7(13-6)8(9,10)11/h2,4H,3,5H2,1H3. The van der Waals surface area contributed by atoms with Crippen molar-refractivity contribution in [1.82, 2.24) is 9.97 Å². The number of rotatable bonds is 3. The minimum atomic E-state index is -4.48. The Morgan fingerprint density at radius 2 is 2.14 bits per heavy atom. The molecule has 3 nitrogen and oxygen atoms in total. The highest BCUT2D eigenvalue weighted by Crippen LogP contribution is 2.25. The molecule has 0 radical (unpaired) electrons. The molecule has 0 bridgehead atoms. The van der Waals surface area contributed by atoms with E-state index in [0.29, 0.717) is 18.7 Å². The summed E-state index contributed by atoms with van der Waals surface area (Å²) >= 11 is 0. The van der Waals surface area contributed by atoms with Gasteiger partial charge in [-0.25, -0.2) is 9.97 Å². The smallest absolute Gasteiger partial charge is 0.384 e. The van der Waals surface area contributed by atoms with Gasteiger partial charge in [0.1, 0.15) is 0 Å². The first-order valence-electron chi connectivity index (χ1n) is 3.92. The Bertz CT molecular complexity index is 301. The van der Waals surface area contributed by atoms with Crippen LogP contribution in [0.15, 0.2) is 12.3 Å². The van der Waals surface area contributed by atoms with Gasteiger partial charge in [-0.15, -0.1) is 0 Å². The van der Waals surface area contributed by atoms with Crippen LogP contribution in [0.1, 0.15) is 11.5 Å². The summed E-state index contributed by atoms with van der Waals surface area (Å²) in [4.78, 5) is 6.51. The van der Waals surface area contributed by atoms with E-state index in [9.17, 15) is 13.2 Å². The normalized spacial score (nSPS) is 11.7. The number of ether oxygens (including phenoxy) is 1. The Morgan fingerprint density at radius 1 is 1.43 bits per heavy atom. The number of methoxy groups -OCH3 is 1. The third-order valence-electron chi connectivity index (χ3n) is 1.53. The highest BCUT2D eigenvalue weighted by molar-refractivity contribution is 5.04. The molecule has 6 heteroatoms. The van der Waals surface area contributed by atoms with Crippen molar-refractivity contribution in [2.45, 2.75) is 12.6 Å². The zero-order valence-electron chi connectivity index (χ0n) is 7.51. The second-order valence-electron chi connectivity index (χ2n) is 2.61. The maximum absolute atomic E-state index is 12.1. The lowest BCUT2D eigenvalue weighted by atomic mass is 10.3. The molecule has 0 aliphatic rings. The van der Waals surface area contributed by atoms with Gasteiger partial charge < -0.3 is 4.74 Å². The third kappa shape index (κ3) is 2.95. The van der Waals surface area contributed by atoms with Crippen molar-refractivity contribution in [3.8, 4) is 0 Å². The minimum Gasteiger partial charge on any atom is -0.384 e. The number of nitrogens with zero attached hydrogens (tertiary/aromatic N) is 2. The summed E-state index contributed by atoms with van der Waals surface area (Å²) in [5, 5.41) is 0. The van der Waals surface area contributed by atoms with Crippen LogP contribution in [0.2, 0.25) is 0 Å². The molecule has 0 unspecified atom stereocenters. The molecule has 0 amide bonds. The fourth-order valence-corrected chi connectivity index (χ4v) is 0.879. The lowest BCUT2D eigenvalue weighted by Gasteiger charge is -2.05. The fraction of sp³-hybridized carbons (Fsp3) is 0.500. The summed E-state index contributed by atoms with van der Waals surface area (Å²) in [5.74, 6) is -1.11. The van der Waals surface area contributed by atoms with Crippen LogP contribution < -0.4 is 0 Å². The van der Waals surface area contributed by atoms with Crippen LogP contribution in [0.3, 0.4) is 0 Å². The molecule has 1 aromatic heterocycles.